The Hall–Kier alpha value is -2.40. The number of aromatic nitrogens is 1. The summed E-state index contributed by atoms with van der Waals surface area (Å²) in [6.07, 6.45) is 6.58. The first-order chi connectivity index (χ1) is 13.1. The van der Waals surface area contributed by atoms with E-state index in [4.69, 9.17) is 4.74 Å². The zero-order valence-electron chi connectivity index (χ0n) is 16.1. The third-order valence-corrected chi connectivity index (χ3v) is 5.95. The van der Waals surface area contributed by atoms with Crippen molar-refractivity contribution in [2.45, 2.75) is 44.8 Å². The van der Waals surface area contributed by atoms with E-state index in [9.17, 15) is 4.79 Å². The number of carbonyl (C=O) groups excluding carboxylic acids is 1. The number of nitrogens with one attached hydrogen (secondary N) is 1. The summed E-state index contributed by atoms with van der Waals surface area (Å²) < 4.78 is 5.77. The molecule has 2 saturated heterocycles. The summed E-state index contributed by atoms with van der Waals surface area (Å²) in [4.78, 5) is 19.2. The van der Waals surface area contributed by atoms with Gasteiger partial charge in [-0.05, 0) is 55.9 Å². The Bertz CT molecular complexity index is 808. The maximum absolute atomic E-state index is 13.0. The van der Waals surface area contributed by atoms with Gasteiger partial charge >= 0.3 is 6.03 Å². The average molecular weight is 365 g/mol. The predicted molar refractivity (Wildman–Crippen MR) is 105 cm³/mol. The van der Waals surface area contributed by atoms with Crippen molar-refractivity contribution >= 4 is 6.03 Å². The third kappa shape index (κ3) is 3.69. The molecule has 5 nitrogen and oxygen atoms in total. The van der Waals surface area contributed by atoms with Crippen LogP contribution in [0.1, 0.15) is 47.6 Å². The number of nitrogens with zero attached hydrogens (tertiary/aromatic N) is 2. The summed E-state index contributed by atoms with van der Waals surface area (Å²) >= 11 is 0. The van der Waals surface area contributed by atoms with E-state index in [-0.39, 0.29) is 17.7 Å². The molecule has 1 N–H and O–H groups in total. The molecule has 0 unspecified atom stereocenters. The van der Waals surface area contributed by atoms with Gasteiger partial charge in [-0.15, -0.1) is 0 Å². The number of carbonyl (C=O) groups is 1. The fourth-order valence-corrected chi connectivity index (χ4v) is 4.15. The molecule has 1 aromatic carbocycles. The molecule has 2 aliphatic heterocycles. The number of amides is 2. The SMILES string of the molecule is Cc1ccc([C@@H](NC(=O)N2CCC3(CCO3)CC2)c2cccnc2)c(C)c1. The van der Waals surface area contributed by atoms with E-state index in [2.05, 4.69) is 42.3 Å². The van der Waals surface area contributed by atoms with Gasteiger partial charge in [-0.2, -0.15) is 0 Å². The minimum atomic E-state index is -0.206. The fraction of sp³-hybridized carbons (Fsp3) is 0.455. The van der Waals surface area contributed by atoms with Crippen LogP contribution in [0.4, 0.5) is 4.79 Å². The Balaban J connectivity index is 1.53. The monoisotopic (exact) mass is 365 g/mol. The zero-order chi connectivity index (χ0) is 18.9. The van der Waals surface area contributed by atoms with Crippen LogP contribution in [0.3, 0.4) is 0 Å². The maximum Gasteiger partial charge on any atom is 0.318 e. The summed E-state index contributed by atoms with van der Waals surface area (Å²) in [6, 6.07) is 10.1. The van der Waals surface area contributed by atoms with E-state index in [0.717, 1.165) is 50.1 Å². The van der Waals surface area contributed by atoms with Gasteiger partial charge < -0.3 is 15.0 Å². The van der Waals surface area contributed by atoms with Gasteiger partial charge in [0, 0.05) is 25.5 Å². The quantitative estimate of drug-likeness (QED) is 0.901. The average Bonchev–Trinajstić information content (AvgIpc) is 2.66. The Morgan fingerprint density at radius 3 is 2.59 bits per heavy atom. The highest BCUT2D eigenvalue weighted by Crippen LogP contribution is 2.36. The van der Waals surface area contributed by atoms with Crippen LogP contribution in [0, 0.1) is 13.8 Å². The molecule has 27 heavy (non-hydrogen) atoms. The summed E-state index contributed by atoms with van der Waals surface area (Å²) in [5.74, 6) is 0. The Labute approximate surface area is 160 Å². The molecule has 3 heterocycles. The molecule has 4 rings (SSSR count). The van der Waals surface area contributed by atoms with Crippen molar-refractivity contribution in [2.75, 3.05) is 19.7 Å². The molecule has 142 valence electrons. The van der Waals surface area contributed by atoms with Crippen molar-refractivity contribution in [2.24, 2.45) is 0 Å². The summed E-state index contributed by atoms with van der Waals surface area (Å²) in [5.41, 5.74) is 4.54. The number of likely N-dealkylation sites (tertiary alicyclic amines) is 1. The lowest BCUT2D eigenvalue weighted by atomic mass is 9.84. The molecule has 0 bridgehead atoms. The largest absolute Gasteiger partial charge is 0.375 e. The number of hydrogen-bond donors (Lipinski definition) is 1. The van der Waals surface area contributed by atoms with Crippen LogP contribution in [-0.2, 0) is 4.74 Å². The number of urea groups is 1. The van der Waals surface area contributed by atoms with Crippen molar-refractivity contribution in [3.05, 3.63) is 65.0 Å². The molecule has 1 aromatic heterocycles. The first kappa shape index (κ1) is 18.0. The first-order valence-corrected chi connectivity index (χ1v) is 9.73. The van der Waals surface area contributed by atoms with Crippen molar-refractivity contribution < 1.29 is 9.53 Å². The van der Waals surface area contributed by atoms with Crippen LogP contribution >= 0.6 is 0 Å². The fourth-order valence-electron chi connectivity index (χ4n) is 4.15. The summed E-state index contributed by atoms with van der Waals surface area (Å²) in [6.45, 7) is 6.54. The Kier molecular flexibility index (Phi) is 4.87. The highest BCUT2D eigenvalue weighted by Gasteiger charge is 2.42. The lowest BCUT2D eigenvalue weighted by Crippen LogP contribution is -2.55. The highest BCUT2D eigenvalue weighted by atomic mass is 16.5. The molecular formula is C22H27N3O2. The predicted octanol–water partition coefficient (Wildman–Crippen LogP) is 3.75. The molecule has 2 aliphatic rings. The number of hydrogen-bond acceptors (Lipinski definition) is 3. The van der Waals surface area contributed by atoms with Gasteiger partial charge in [0.25, 0.3) is 0 Å². The van der Waals surface area contributed by atoms with Crippen LogP contribution in [0.25, 0.3) is 0 Å². The van der Waals surface area contributed by atoms with Crippen molar-refractivity contribution in [1.82, 2.24) is 15.2 Å². The van der Waals surface area contributed by atoms with Crippen LogP contribution in [0.5, 0.6) is 0 Å². The topological polar surface area (TPSA) is 54.5 Å². The van der Waals surface area contributed by atoms with Gasteiger partial charge in [0.15, 0.2) is 0 Å². The molecule has 1 spiro atoms. The second-order valence-electron chi connectivity index (χ2n) is 7.80. The van der Waals surface area contributed by atoms with Gasteiger partial charge in [0.2, 0.25) is 0 Å². The molecule has 1 atom stereocenters. The highest BCUT2D eigenvalue weighted by molar-refractivity contribution is 5.75. The van der Waals surface area contributed by atoms with Crippen molar-refractivity contribution in [3.63, 3.8) is 0 Å². The number of pyridine rings is 1. The number of rotatable bonds is 3. The molecule has 2 fully saturated rings. The normalized spacial score (nSPS) is 19.4. The molecule has 2 amide bonds. The number of ether oxygens (including phenoxy) is 1. The summed E-state index contributed by atoms with van der Waals surface area (Å²) in [5, 5.41) is 3.25. The van der Waals surface area contributed by atoms with Crippen molar-refractivity contribution in [1.29, 1.82) is 0 Å². The zero-order valence-corrected chi connectivity index (χ0v) is 16.1. The number of piperidine rings is 1. The van der Waals surface area contributed by atoms with Crippen LogP contribution in [-0.4, -0.2) is 41.2 Å². The van der Waals surface area contributed by atoms with Crippen LogP contribution in [0.2, 0.25) is 0 Å². The number of aryl methyl sites for hydroxylation is 2. The molecular weight excluding hydrogens is 338 g/mol. The van der Waals surface area contributed by atoms with Gasteiger partial charge in [0.05, 0.1) is 18.2 Å². The Morgan fingerprint density at radius 2 is 2.00 bits per heavy atom. The first-order valence-electron chi connectivity index (χ1n) is 9.73. The molecule has 0 aliphatic carbocycles. The standard InChI is InChI=1S/C22H27N3O2/c1-16-5-6-19(17(2)14-16)20(18-4-3-10-23-15-18)24-21(26)25-11-7-22(8-12-25)9-13-27-22/h3-6,10,14-15,20H,7-9,11-13H2,1-2H3,(H,24,26)/t20-/m0/s1. The lowest BCUT2D eigenvalue weighted by molar-refractivity contribution is -0.169. The molecule has 0 saturated carbocycles. The number of benzene rings is 1. The molecule has 2 aromatic rings. The van der Waals surface area contributed by atoms with E-state index < -0.39 is 0 Å². The van der Waals surface area contributed by atoms with Crippen LogP contribution in [0.15, 0.2) is 42.7 Å². The smallest absolute Gasteiger partial charge is 0.318 e. The lowest BCUT2D eigenvalue weighted by Gasteiger charge is -2.47. The van der Waals surface area contributed by atoms with E-state index in [1.807, 2.05) is 23.2 Å². The minimum absolute atomic E-state index is 0.0157. The third-order valence-electron chi connectivity index (χ3n) is 5.95. The van der Waals surface area contributed by atoms with Gasteiger partial charge in [-0.25, -0.2) is 4.79 Å². The van der Waals surface area contributed by atoms with Gasteiger partial charge in [-0.3, -0.25) is 4.98 Å². The van der Waals surface area contributed by atoms with E-state index in [1.54, 1.807) is 6.20 Å². The maximum atomic E-state index is 13.0. The van der Waals surface area contributed by atoms with Crippen molar-refractivity contribution in [3.8, 4) is 0 Å². The molecule has 0 radical (unpaired) electrons. The second-order valence-corrected chi connectivity index (χ2v) is 7.80. The van der Waals surface area contributed by atoms with E-state index >= 15 is 0 Å². The van der Waals surface area contributed by atoms with E-state index in [1.165, 1.54) is 11.1 Å². The molecule has 5 heteroatoms. The van der Waals surface area contributed by atoms with Gasteiger partial charge in [0.1, 0.15) is 0 Å². The van der Waals surface area contributed by atoms with Crippen LogP contribution < -0.4 is 5.32 Å². The van der Waals surface area contributed by atoms with E-state index in [0.29, 0.717) is 0 Å². The summed E-state index contributed by atoms with van der Waals surface area (Å²) in [7, 11) is 0. The Morgan fingerprint density at radius 1 is 1.22 bits per heavy atom. The minimum Gasteiger partial charge on any atom is -0.375 e. The van der Waals surface area contributed by atoms with Gasteiger partial charge in [-0.1, -0.05) is 29.8 Å². The second kappa shape index (κ2) is 7.31.